The van der Waals surface area contributed by atoms with Gasteiger partial charge in [-0.2, -0.15) is 5.10 Å². The van der Waals surface area contributed by atoms with Crippen LogP contribution in [0.4, 0.5) is 0 Å². The van der Waals surface area contributed by atoms with Gasteiger partial charge in [0.15, 0.2) is 10.9 Å². The molecule has 0 aliphatic carbocycles. The van der Waals surface area contributed by atoms with Gasteiger partial charge in [0.1, 0.15) is 0 Å². The zero-order chi connectivity index (χ0) is 14.4. The zero-order valence-electron chi connectivity index (χ0n) is 11.2. The van der Waals surface area contributed by atoms with E-state index in [4.69, 9.17) is 24.4 Å². The van der Waals surface area contributed by atoms with Crippen LogP contribution in [0.5, 0.6) is 0 Å². The topological polar surface area (TPSA) is 57.7 Å². The number of H-pyrrole nitrogens is 1. The molecule has 0 radical (unpaired) electrons. The molecule has 5 nitrogen and oxygen atoms in total. The second-order valence-corrected chi connectivity index (χ2v) is 5.03. The molecule has 0 bridgehead atoms. The molecule has 0 amide bonds. The summed E-state index contributed by atoms with van der Waals surface area (Å²) in [7, 11) is 0. The third kappa shape index (κ3) is 3.88. The zero-order valence-corrected chi connectivity index (χ0v) is 12.9. The number of aromatic amines is 1. The average molecular weight is 307 g/mol. The summed E-state index contributed by atoms with van der Waals surface area (Å²) in [4.78, 5) is 0. The maximum absolute atomic E-state index is 5.25. The molecule has 1 aromatic heterocycles. The highest BCUT2D eigenvalue weighted by Gasteiger charge is 2.05. The number of rotatable bonds is 5. The summed E-state index contributed by atoms with van der Waals surface area (Å²) >= 11 is 10.4. The van der Waals surface area contributed by atoms with Crippen LogP contribution in [0, 0.1) is 4.77 Å². The van der Waals surface area contributed by atoms with E-state index in [0.29, 0.717) is 9.88 Å². The van der Waals surface area contributed by atoms with Crippen molar-refractivity contribution in [1.82, 2.24) is 20.2 Å². The van der Waals surface area contributed by atoms with Gasteiger partial charge in [-0.15, -0.1) is 0 Å². The fourth-order valence-electron chi connectivity index (χ4n) is 1.79. The van der Waals surface area contributed by atoms with Crippen LogP contribution in [0.1, 0.15) is 18.3 Å². The quantitative estimate of drug-likeness (QED) is 0.739. The first-order chi connectivity index (χ1) is 9.70. The number of nitrogens with zero attached hydrogens (tertiary/aromatic N) is 2. The second-order valence-electron chi connectivity index (χ2n) is 4.24. The maximum atomic E-state index is 5.25. The number of hydrogen-bond acceptors (Lipinski definition) is 3. The highest BCUT2D eigenvalue weighted by atomic mass is 32.1. The van der Waals surface area contributed by atoms with Crippen LogP contribution in [0.2, 0.25) is 0 Å². The molecule has 2 aromatic rings. The smallest absolute Gasteiger partial charge is 0.214 e. The van der Waals surface area contributed by atoms with E-state index >= 15 is 0 Å². The van der Waals surface area contributed by atoms with E-state index in [1.165, 1.54) is 5.56 Å². The number of thiocarbonyl (C=S) groups is 1. The minimum absolute atomic E-state index is 0.508. The molecule has 0 aliphatic heterocycles. The minimum atomic E-state index is 0.508. The number of aryl methyl sites for hydroxylation is 1. The molecule has 0 unspecified atom stereocenters. The lowest BCUT2D eigenvalue weighted by Gasteiger charge is -2.12. The fraction of sp³-hybridized carbons (Fsp3) is 0.308. The second kappa shape index (κ2) is 7.16. The highest BCUT2D eigenvalue weighted by molar-refractivity contribution is 7.80. The summed E-state index contributed by atoms with van der Waals surface area (Å²) in [6.07, 6.45) is 1.69. The van der Waals surface area contributed by atoms with E-state index in [1.807, 2.05) is 25.1 Å². The normalized spacial score (nSPS) is 10.2. The molecular formula is C13H17N5S2. The molecule has 0 aliphatic rings. The molecule has 0 atom stereocenters. The summed E-state index contributed by atoms with van der Waals surface area (Å²) in [5.74, 6) is 0.821. The van der Waals surface area contributed by atoms with Crippen molar-refractivity contribution in [2.75, 3.05) is 12.0 Å². The Balaban J connectivity index is 1.84. The van der Waals surface area contributed by atoms with Gasteiger partial charge in [0.25, 0.3) is 0 Å². The molecular weight excluding hydrogens is 290 g/mol. The van der Waals surface area contributed by atoms with Crippen molar-refractivity contribution < 1.29 is 0 Å². The summed E-state index contributed by atoms with van der Waals surface area (Å²) in [5.41, 5.74) is 4.31. The minimum Gasteiger partial charge on any atom is -0.361 e. The van der Waals surface area contributed by atoms with Crippen LogP contribution in [0.3, 0.4) is 0 Å². The van der Waals surface area contributed by atoms with E-state index in [-0.39, 0.29) is 0 Å². The molecule has 0 saturated heterocycles. The van der Waals surface area contributed by atoms with Gasteiger partial charge in [0.2, 0.25) is 4.77 Å². The van der Waals surface area contributed by atoms with Gasteiger partial charge in [-0.1, -0.05) is 37.3 Å². The Hall–Kier alpha value is -1.73. The Kier molecular flexibility index (Phi) is 5.25. The molecule has 7 heteroatoms. The molecule has 0 fully saturated rings. The van der Waals surface area contributed by atoms with Gasteiger partial charge in [-0.3, -0.25) is 10.5 Å². The third-order valence-electron chi connectivity index (χ3n) is 2.81. The summed E-state index contributed by atoms with van der Waals surface area (Å²) < 4.78 is 2.20. The van der Waals surface area contributed by atoms with Crippen LogP contribution in [0.25, 0.3) is 0 Å². The largest absolute Gasteiger partial charge is 0.361 e. The molecule has 20 heavy (non-hydrogen) atoms. The Labute approximate surface area is 128 Å². The van der Waals surface area contributed by atoms with Gasteiger partial charge >= 0.3 is 0 Å². The van der Waals surface area contributed by atoms with Crippen molar-refractivity contribution in [3.63, 3.8) is 0 Å². The van der Waals surface area contributed by atoms with Gasteiger partial charge in [-0.25, -0.2) is 4.68 Å². The van der Waals surface area contributed by atoms with Gasteiger partial charge in [0, 0.05) is 13.0 Å². The lowest BCUT2D eigenvalue weighted by molar-refractivity contribution is 0.811. The first-order valence-corrected chi connectivity index (χ1v) is 7.27. The maximum Gasteiger partial charge on any atom is 0.214 e. The van der Waals surface area contributed by atoms with Gasteiger partial charge in [-0.05, 0) is 36.4 Å². The molecule has 1 heterocycles. The summed E-state index contributed by atoms with van der Waals surface area (Å²) in [5, 5.41) is 10.5. The van der Waals surface area contributed by atoms with Crippen molar-refractivity contribution in [2.45, 2.75) is 19.8 Å². The lowest BCUT2D eigenvalue weighted by atomic mass is 10.1. The number of aromatic nitrogens is 3. The van der Waals surface area contributed by atoms with E-state index < -0.39 is 0 Å². The lowest BCUT2D eigenvalue weighted by Crippen LogP contribution is -2.35. The number of hydrogen-bond donors (Lipinski definition) is 3. The van der Waals surface area contributed by atoms with Crippen molar-refractivity contribution in [2.24, 2.45) is 0 Å². The molecule has 1 aromatic carbocycles. The predicted molar refractivity (Wildman–Crippen MR) is 86.9 cm³/mol. The van der Waals surface area contributed by atoms with E-state index in [1.54, 1.807) is 4.68 Å². The predicted octanol–water partition coefficient (Wildman–Crippen LogP) is 2.16. The fourth-order valence-corrected chi connectivity index (χ4v) is 2.18. The summed E-state index contributed by atoms with van der Waals surface area (Å²) in [6, 6.07) is 10.3. The monoisotopic (exact) mass is 307 g/mol. The Morgan fingerprint density at radius 2 is 2.10 bits per heavy atom. The average Bonchev–Trinajstić information content (AvgIpc) is 2.81. The van der Waals surface area contributed by atoms with Crippen LogP contribution < -0.4 is 10.7 Å². The molecule has 0 saturated carbocycles. The van der Waals surface area contributed by atoms with Crippen LogP contribution >= 0.6 is 24.4 Å². The van der Waals surface area contributed by atoms with Crippen molar-refractivity contribution in [1.29, 1.82) is 0 Å². The molecule has 3 N–H and O–H groups in total. The Morgan fingerprint density at radius 1 is 1.35 bits per heavy atom. The van der Waals surface area contributed by atoms with Crippen molar-refractivity contribution in [3.05, 3.63) is 46.5 Å². The number of nitrogens with one attached hydrogen (secondary N) is 3. The standard InChI is InChI=1S/C13H17N5S2/c1-2-11-15-16-13(20)18(11)17-12(19)14-9-8-10-6-4-3-5-7-10/h3-7H,2,8-9H2,1H3,(H,16,20)(H2,14,17,19). The van der Waals surface area contributed by atoms with Crippen LogP contribution in [0.15, 0.2) is 30.3 Å². The number of benzene rings is 1. The van der Waals surface area contributed by atoms with E-state index in [0.717, 1.165) is 25.2 Å². The third-order valence-corrected chi connectivity index (χ3v) is 3.32. The first-order valence-electron chi connectivity index (χ1n) is 6.45. The molecule has 2 rings (SSSR count). The summed E-state index contributed by atoms with van der Waals surface area (Å²) in [6.45, 7) is 2.78. The first kappa shape index (κ1) is 14.7. The van der Waals surface area contributed by atoms with Crippen molar-refractivity contribution >= 4 is 29.5 Å². The SMILES string of the molecule is CCc1n[nH]c(=S)n1NC(=S)NCCc1ccccc1. The van der Waals surface area contributed by atoms with Crippen molar-refractivity contribution in [3.8, 4) is 0 Å². The van der Waals surface area contributed by atoms with Crippen LogP contribution in [-0.2, 0) is 12.8 Å². The van der Waals surface area contributed by atoms with E-state index in [9.17, 15) is 0 Å². The Bertz CT molecular complexity index is 617. The van der Waals surface area contributed by atoms with Gasteiger partial charge < -0.3 is 5.32 Å². The van der Waals surface area contributed by atoms with E-state index in [2.05, 4.69) is 33.1 Å². The molecule has 106 valence electrons. The highest BCUT2D eigenvalue weighted by Crippen LogP contribution is 1.98. The van der Waals surface area contributed by atoms with Gasteiger partial charge in [0.05, 0.1) is 0 Å². The van der Waals surface area contributed by atoms with Crippen LogP contribution in [-0.4, -0.2) is 26.5 Å². The molecule has 0 spiro atoms. The Morgan fingerprint density at radius 3 is 2.80 bits per heavy atom.